The van der Waals surface area contributed by atoms with Crippen molar-refractivity contribution in [1.29, 1.82) is 0 Å². The Labute approximate surface area is 102 Å². The Hall–Kier alpha value is -0.380. The molecular formula is C13H21NOS. The molecule has 0 bridgehead atoms. The molecule has 1 heterocycles. The Balaban J connectivity index is 2.03. The van der Waals surface area contributed by atoms with Crippen LogP contribution < -0.4 is 5.32 Å². The highest BCUT2D eigenvalue weighted by molar-refractivity contribution is 7.10. The molecule has 2 N–H and O–H groups in total. The fourth-order valence-electron chi connectivity index (χ4n) is 2.44. The average Bonchev–Trinajstić information content (AvgIpc) is 2.85. The molecule has 0 aliphatic heterocycles. The minimum atomic E-state index is -0.152. The second kappa shape index (κ2) is 5.30. The molecule has 90 valence electrons. The number of hydrogen-bond donors (Lipinski definition) is 2. The van der Waals surface area contributed by atoms with E-state index in [0.29, 0.717) is 12.0 Å². The van der Waals surface area contributed by atoms with Crippen molar-refractivity contribution in [2.24, 2.45) is 5.92 Å². The van der Waals surface area contributed by atoms with Crippen LogP contribution >= 0.6 is 11.3 Å². The van der Waals surface area contributed by atoms with E-state index in [1.807, 2.05) is 0 Å². The summed E-state index contributed by atoms with van der Waals surface area (Å²) in [5, 5.41) is 15.6. The monoisotopic (exact) mass is 239 g/mol. The second-order valence-corrected chi connectivity index (χ2v) is 5.99. The molecular weight excluding hydrogens is 218 g/mol. The molecule has 0 radical (unpaired) electrons. The van der Waals surface area contributed by atoms with Gasteiger partial charge in [0, 0.05) is 17.0 Å². The molecule has 1 aromatic rings. The summed E-state index contributed by atoms with van der Waals surface area (Å²) in [6.45, 7) is 4.47. The van der Waals surface area contributed by atoms with E-state index in [9.17, 15) is 5.11 Å². The van der Waals surface area contributed by atoms with Crippen molar-refractivity contribution >= 4 is 11.3 Å². The highest BCUT2D eigenvalue weighted by Gasteiger charge is 2.29. The van der Waals surface area contributed by atoms with Crippen molar-refractivity contribution in [3.63, 3.8) is 0 Å². The fourth-order valence-corrected chi connectivity index (χ4v) is 3.40. The maximum atomic E-state index is 9.86. The molecule has 1 aromatic heterocycles. The van der Waals surface area contributed by atoms with Crippen LogP contribution in [0.5, 0.6) is 0 Å². The largest absolute Gasteiger partial charge is 0.392 e. The van der Waals surface area contributed by atoms with Gasteiger partial charge < -0.3 is 10.4 Å². The first kappa shape index (κ1) is 12.1. The predicted molar refractivity (Wildman–Crippen MR) is 68.7 cm³/mol. The molecule has 0 spiro atoms. The van der Waals surface area contributed by atoms with Gasteiger partial charge in [-0.1, -0.05) is 19.9 Å². The SMILES string of the molecule is CC(C)C(NC1CCCC1O)c1cccs1. The van der Waals surface area contributed by atoms with Crippen molar-refractivity contribution in [3.8, 4) is 0 Å². The van der Waals surface area contributed by atoms with E-state index in [-0.39, 0.29) is 12.1 Å². The van der Waals surface area contributed by atoms with Crippen LogP contribution in [0.3, 0.4) is 0 Å². The number of aliphatic hydroxyl groups is 1. The van der Waals surface area contributed by atoms with Gasteiger partial charge >= 0.3 is 0 Å². The third-order valence-electron chi connectivity index (χ3n) is 3.39. The fraction of sp³-hybridized carbons (Fsp3) is 0.692. The van der Waals surface area contributed by atoms with Crippen LogP contribution in [-0.4, -0.2) is 17.3 Å². The Morgan fingerprint density at radius 3 is 2.75 bits per heavy atom. The maximum absolute atomic E-state index is 9.86. The zero-order chi connectivity index (χ0) is 11.5. The summed E-state index contributed by atoms with van der Waals surface area (Å²) in [4.78, 5) is 1.38. The molecule has 3 heteroatoms. The minimum Gasteiger partial charge on any atom is -0.392 e. The Kier molecular flexibility index (Phi) is 4.00. The lowest BCUT2D eigenvalue weighted by Gasteiger charge is -2.27. The summed E-state index contributed by atoms with van der Waals surface area (Å²) in [6, 6.07) is 4.96. The van der Waals surface area contributed by atoms with E-state index in [1.165, 1.54) is 4.88 Å². The van der Waals surface area contributed by atoms with Gasteiger partial charge in [0.2, 0.25) is 0 Å². The number of rotatable bonds is 4. The first-order valence-electron chi connectivity index (χ1n) is 6.16. The van der Waals surface area contributed by atoms with Gasteiger partial charge in [-0.05, 0) is 36.6 Å². The van der Waals surface area contributed by atoms with Crippen molar-refractivity contribution < 1.29 is 5.11 Å². The normalized spacial score (nSPS) is 27.5. The third-order valence-corrected chi connectivity index (χ3v) is 4.34. The summed E-state index contributed by atoms with van der Waals surface area (Å²) in [7, 11) is 0. The second-order valence-electron chi connectivity index (χ2n) is 5.01. The van der Waals surface area contributed by atoms with Gasteiger partial charge in [-0.15, -0.1) is 11.3 Å². The summed E-state index contributed by atoms with van der Waals surface area (Å²) in [5.74, 6) is 0.562. The molecule has 0 aromatic carbocycles. The lowest BCUT2D eigenvalue weighted by atomic mass is 10.0. The lowest BCUT2D eigenvalue weighted by molar-refractivity contribution is 0.138. The summed E-state index contributed by atoms with van der Waals surface area (Å²) in [5.41, 5.74) is 0. The Morgan fingerprint density at radius 2 is 2.25 bits per heavy atom. The van der Waals surface area contributed by atoms with Crippen LogP contribution in [0.1, 0.15) is 44.0 Å². The molecule has 0 amide bonds. The highest BCUT2D eigenvalue weighted by Crippen LogP contribution is 2.29. The average molecular weight is 239 g/mol. The first-order chi connectivity index (χ1) is 7.68. The van der Waals surface area contributed by atoms with Gasteiger partial charge in [0.15, 0.2) is 0 Å². The van der Waals surface area contributed by atoms with Gasteiger partial charge in [0.05, 0.1) is 6.10 Å². The number of nitrogens with one attached hydrogen (secondary N) is 1. The van der Waals surface area contributed by atoms with Gasteiger partial charge in [0.25, 0.3) is 0 Å². The Bertz CT molecular complexity index is 310. The third kappa shape index (κ3) is 2.65. The van der Waals surface area contributed by atoms with Crippen LogP contribution in [0.4, 0.5) is 0 Å². The van der Waals surface area contributed by atoms with Crippen molar-refractivity contribution in [2.45, 2.75) is 51.3 Å². The molecule has 16 heavy (non-hydrogen) atoms. The molecule has 1 aliphatic rings. The van der Waals surface area contributed by atoms with Crippen molar-refractivity contribution in [1.82, 2.24) is 5.32 Å². The Morgan fingerprint density at radius 1 is 1.44 bits per heavy atom. The van der Waals surface area contributed by atoms with E-state index in [2.05, 4.69) is 36.7 Å². The smallest absolute Gasteiger partial charge is 0.0693 e. The number of thiophene rings is 1. The van der Waals surface area contributed by atoms with E-state index in [1.54, 1.807) is 11.3 Å². The lowest BCUT2D eigenvalue weighted by Crippen LogP contribution is -2.39. The molecule has 0 saturated heterocycles. The zero-order valence-electron chi connectivity index (χ0n) is 10.0. The molecule has 3 atom stereocenters. The first-order valence-corrected chi connectivity index (χ1v) is 7.04. The highest BCUT2D eigenvalue weighted by atomic mass is 32.1. The van der Waals surface area contributed by atoms with Crippen molar-refractivity contribution in [3.05, 3.63) is 22.4 Å². The summed E-state index contributed by atoms with van der Waals surface area (Å²) in [6.07, 6.45) is 3.05. The molecule has 2 nitrogen and oxygen atoms in total. The maximum Gasteiger partial charge on any atom is 0.0693 e. The molecule has 1 saturated carbocycles. The van der Waals surface area contributed by atoms with Crippen LogP contribution in [0.2, 0.25) is 0 Å². The van der Waals surface area contributed by atoms with Gasteiger partial charge in [-0.2, -0.15) is 0 Å². The summed E-state index contributed by atoms with van der Waals surface area (Å²) < 4.78 is 0. The summed E-state index contributed by atoms with van der Waals surface area (Å²) >= 11 is 1.80. The standard InChI is InChI=1S/C13H21NOS/c1-9(2)13(12-7-4-8-16-12)14-10-5-3-6-11(10)15/h4,7-11,13-15H,3,5-6H2,1-2H3. The molecule has 2 rings (SSSR count). The topological polar surface area (TPSA) is 32.3 Å². The molecule has 1 fully saturated rings. The van der Waals surface area contributed by atoms with Crippen molar-refractivity contribution in [2.75, 3.05) is 0 Å². The van der Waals surface area contributed by atoms with Crippen LogP contribution in [0.15, 0.2) is 17.5 Å². The molecule has 3 unspecified atom stereocenters. The number of hydrogen-bond acceptors (Lipinski definition) is 3. The number of aliphatic hydroxyl groups excluding tert-OH is 1. The van der Waals surface area contributed by atoms with E-state index < -0.39 is 0 Å². The van der Waals surface area contributed by atoms with Crippen LogP contribution in [-0.2, 0) is 0 Å². The van der Waals surface area contributed by atoms with Gasteiger partial charge in [-0.25, -0.2) is 0 Å². The minimum absolute atomic E-state index is 0.152. The zero-order valence-corrected chi connectivity index (χ0v) is 10.8. The quantitative estimate of drug-likeness (QED) is 0.846. The van der Waals surface area contributed by atoms with Gasteiger partial charge in [0.1, 0.15) is 0 Å². The molecule has 1 aliphatic carbocycles. The van der Waals surface area contributed by atoms with Gasteiger partial charge in [-0.3, -0.25) is 0 Å². The van der Waals surface area contributed by atoms with Crippen LogP contribution in [0, 0.1) is 5.92 Å². The van der Waals surface area contributed by atoms with Crippen LogP contribution in [0.25, 0.3) is 0 Å². The van der Waals surface area contributed by atoms with E-state index >= 15 is 0 Å². The van der Waals surface area contributed by atoms with E-state index in [4.69, 9.17) is 0 Å². The predicted octanol–water partition coefficient (Wildman–Crippen LogP) is 2.95. The van der Waals surface area contributed by atoms with E-state index in [0.717, 1.165) is 19.3 Å².